The van der Waals surface area contributed by atoms with Gasteiger partial charge in [-0.05, 0) is 57.8 Å². The monoisotopic (exact) mass is 561 g/mol. The number of para-hydroxylation sites is 1. The molecular weight excluding hydrogens is 534 g/mol. The zero-order valence-electron chi connectivity index (χ0n) is 23.9. The molecule has 0 bridgehead atoms. The summed E-state index contributed by atoms with van der Waals surface area (Å²) < 4.78 is 0. The summed E-state index contributed by atoms with van der Waals surface area (Å²) in [7, 11) is 0. The lowest BCUT2D eigenvalue weighted by atomic mass is 9.99. The van der Waals surface area contributed by atoms with Crippen LogP contribution < -0.4 is 0 Å². The molecule has 0 aliphatic heterocycles. The van der Waals surface area contributed by atoms with Crippen LogP contribution in [0.5, 0.6) is 0 Å². The molecule has 8 aromatic rings. The quantitative estimate of drug-likeness (QED) is 0.210. The number of aromatic nitrogens is 3. The smallest absolute Gasteiger partial charge is 0.160 e. The van der Waals surface area contributed by atoms with Gasteiger partial charge in [0.15, 0.2) is 5.82 Å². The van der Waals surface area contributed by atoms with Crippen LogP contribution in [-0.2, 0) is 0 Å². The van der Waals surface area contributed by atoms with Crippen LogP contribution in [0.1, 0.15) is 0 Å². The van der Waals surface area contributed by atoms with E-state index >= 15 is 0 Å². The van der Waals surface area contributed by atoms with E-state index in [4.69, 9.17) is 15.0 Å². The van der Waals surface area contributed by atoms with Gasteiger partial charge < -0.3 is 0 Å². The summed E-state index contributed by atoms with van der Waals surface area (Å²) in [6, 6.07) is 54.9. The normalized spacial score (nSPS) is 11.2. The number of hydrogen-bond acceptors (Lipinski definition) is 3. The molecule has 2 heterocycles. The van der Waals surface area contributed by atoms with Crippen LogP contribution >= 0.6 is 0 Å². The largest absolute Gasteiger partial charge is 0.256 e. The van der Waals surface area contributed by atoms with Gasteiger partial charge in [-0.3, -0.25) is 4.98 Å². The fourth-order valence-electron chi connectivity index (χ4n) is 5.75. The molecule has 0 unspecified atom stereocenters. The highest BCUT2D eigenvalue weighted by atomic mass is 14.9. The number of benzene rings is 6. The summed E-state index contributed by atoms with van der Waals surface area (Å²) in [5.74, 6) is 0.702. The van der Waals surface area contributed by atoms with Crippen molar-refractivity contribution in [1.29, 1.82) is 0 Å². The van der Waals surface area contributed by atoms with Crippen molar-refractivity contribution in [2.75, 3.05) is 0 Å². The Bertz CT molecular complexity index is 2270. The van der Waals surface area contributed by atoms with Crippen molar-refractivity contribution in [3.63, 3.8) is 0 Å². The van der Waals surface area contributed by atoms with Gasteiger partial charge in [-0.15, -0.1) is 0 Å². The first kappa shape index (κ1) is 25.8. The minimum atomic E-state index is 0.702. The van der Waals surface area contributed by atoms with Crippen molar-refractivity contribution in [2.45, 2.75) is 0 Å². The Morgan fingerprint density at radius 2 is 0.909 bits per heavy atom. The minimum Gasteiger partial charge on any atom is -0.256 e. The third-order valence-corrected chi connectivity index (χ3v) is 8.10. The molecule has 0 N–H and O–H groups in total. The SMILES string of the molecule is c1ccc(-c2ccc(-c3cc(-c4cccc(-c5cnc6ccccc6c5)c4)nc(-c4ccc5ccccc5c4)n3)cc2)cc1. The molecule has 0 spiro atoms. The predicted octanol–water partition coefficient (Wildman–Crippen LogP) is 10.5. The molecule has 3 heteroatoms. The molecule has 44 heavy (non-hydrogen) atoms. The average Bonchev–Trinajstić information content (AvgIpc) is 3.11. The lowest BCUT2D eigenvalue weighted by molar-refractivity contribution is 1.18. The Morgan fingerprint density at radius 1 is 0.318 bits per heavy atom. The first-order chi connectivity index (χ1) is 21.8. The first-order valence-electron chi connectivity index (χ1n) is 14.8. The van der Waals surface area contributed by atoms with E-state index in [0.29, 0.717) is 5.82 Å². The topological polar surface area (TPSA) is 38.7 Å². The second kappa shape index (κ2) is 11.0. The Balaban J connectivity index is 1.25. The van der Waals surface area contributed by atoms with Crippen LogP contribution in [-0.4, -0.2) is 15.0 Å². The maximum Gasteiger partial charge on any atom is 0.160 e. The second-order valence-corrected chi connectivity index (χ2v) is 11.0. The molecule has 206 valence electrons. The third-order valence-electron chi connectivity index (χ3n) is 8.10. The summed E-state index contributed by atoms with van der Waals surface area (Å²) >= 11 is 0. The van der Waals surface area contributed by atoms with Crippen LogP contribution in [0.3, 0.4) is 0 Å². The molecule has 0 saturated heterocycles. The summed E-state index contributed by atoms with van der Waals surface area (Å²) in [5, 5.41) is 3.48. The van der Waals surface area contributed by atoms with Crippen molar-refractivity contribution in [1.82, 2.24) is 15.0 Å². The van der Waals surface area contributed by atoms with E-state index in [1.807, 2.05) is 30.5 Å². The first-order valence-corrected chi connectivity index (χ1v) is 14.8. The molecule has 0 fully saturated rings. The number of pyridine rings is 1. The Labute approximate surface area is 256 Å². The Morgan fingerprint density at radius 3 is 1.75 bits per heavy atom. The van der Waals surface area contributed by atoms with Crippen molar-refractivity contribution < 1.29 is 0 Å². The molecule has 0 atom stereocenters. The van der Waals surface area contributed by atoms with E-state index in [9.17, 15) is 0 Å². The summed E-state index contributed by atoms with van der Waals surface area (Å²) in [5.41, 5.74) is 10.4. The van der Waals surface area contributed by atoms with E-state index in [1.165, 1.54) is 21.9 Å². The van der Waals surface area contributed by atoms with Gasteiger partial charge in [-0.25, -0.2) is 9.97 Å². The van der Waals surface area contributed by atoms with E-state index < -0.39 is 0 Å². The van der Waals surface area contributed by atoms with Gasteiger partial charge in [0.05, 0.1) is 16.9 Å². The summed E-state index contributed by atoms with van der Waals surface area (Å²) in [4.78, 5) is 14.9. The van der Waals surface area contributed by atoms with Gasteiger partial charge in [-0.2, -0.15) is 0 Å². The van der Waals surface area contributed by atoms with Gasteiger partial charge >= 0.3 is 0 Å². The van der Waals surface area contributed by atoms with Crippen LogP contribution in [0.25, 0.3) is 77.8 Å². The molecule has 6 aromatic carbocycles. The third kappa shape index (κ3) is 5.01. The number of hydrogen-bond donors (Lipinski definition) is 0. The minimum absolute atomic E-state index is 0.702. The molecule has 8 rings (SSSR count). The molecule has 0 radical (unpaired) electrons. The highest BCUT2D eigenvalue weighted by Crippen LogP contribution is 2.32. The fraction of sp³-hybridized carbons (Fsp3) is 0. The van der Waals surface area contributed by atoms with Crippen LogP contribution in [0.4, 0.5) is 0 Å². The van der Waals surface area contributed by atoms with Crippen molar-refractivity contribution in [2.24, 2.45) is 0 Å². The zero-order valence-corrected chi connectivity index (χ0v) is 23.9. The van der Waals surface area contributed by atoms with Gasteiger partial charge in [0.1, 0.15) is 0 Å². The molecule has 2 aromatic heterocycles. The van der Waals surface area contributed by atoms with Gasteiger partial charge in [0.25, 0.3) is 0 Å². The summed E-state index contributed by atoms with van der Waals surface area (Å²) in [6.07, 6.45) is 1.95. The number of nitrogens with zero attached hydrogens (tertiary/aromatic N) is 3. The lowest BCUT2D eigenvalue weighted by Gasteiger charge is -2.12. The Kier molecular flexibility index (Phi) is 6.47. The standard InChI is InChI=1S/C41H27N3/c1-2-9-28(10-3-1)30-17-20-31(21-18-30)39-26-40(44-41(43-39)36-22-19-29-11-4-5-12-32(29)24-36)35-15-8-14-33(23-35)37-25-34-13-6-7-16-38(34)42-27-37/h1-27H. The fourth-order valence-corrected chi connectivity index (χ4v) is 5.75. The highest BCUT2D eigenvalue weighted by Gasteiger charge is 2.13. The van der Waals surface area contributed by atoms with Gasteiger partial charge in [-0.1, -0.05) is 127 Å². The van der Waals surface area contributed by atoms with E-state index in [2.05, 4.69) is 133 Å². The highest BCUT2D eigenvalue weighted by molar-refractivity contribution is 5.87. The average molecular weight is 562 g/mol. The predicted molar refractivity (Wildman–Crippen MR) is 182 cm³/mol. The number of rotatable bonds is 5. The molecule has 3 nitrogen and oxygen atoms in total. The van der Waals surface area contributed by atoms with Crippen LogP contribution in [0, 0.1) is 0 Å². The van der Waals surface area contributed by atoms with Crippen molar-refractivity contribution in [3.8, 4) is 56.2 Å². The van der Waals surface area contributed by atoms with E-state index in [-0.39, 0.29) is 0 Å². The maximum atomic E-state index is 5.13. The van der Waals surface area contributed by atoms with E-state index in [1.54, 1.807) is 0 Å². The van der Waals surface area contributed by atoms with E-state index in [0.717, 1.165) is 50.1 Å². The lowest BCUT2D eigenvalue weighted by Crippen LogP contribution is -1.96. The molecule has 0 aliphatic rings. The molecule has 0 aliphatic carbocycles. The van der Waals surface area contributed by atoms with Crippen molar-refractivity contribution >= 4 is 21.7 Å². The molecule has 0 amide bonds. The maximum absolute atomic E-state index is 5.13. The second-order valence-electron chi connectivity index (χ2n) is 11.0. The van der Waals surface area contributed by atoms with Gasteiger partial charge in [0.2, 0.25) is 0 Å². The van der Waals surface area contributed by atoms with Gasteiger partial charge in [0, 0.05) is 33.8 Å². The van der Waals surface area contributed by atoms with Crippen molar-refractivity contribution in [3.05, 3.63) is 164 Å². The molecular formula is C41H27N3. The van der Waals surface area contributed by atoms with Crippen LogP contribution in [0.2, 0.25) is 0 Å². The molecule has 0 saturated carbocycles. The number of fused-ring (bicyclic) bond motifs is 2. The summed E-state index contributed by atoms with van der Waals surface area (Å²) in [6.45, 7) is 0. The Hall–Kier alpha value is -5.93. The zero-order chi connectivity index (χ0) is 29.3. The van der Waals surface area contributed by atoms with Crippen LogP contribution in [0.15, 0.2) is 164 Å².